The van der Waals surface area contributed by atoms with E-state index in [1.54, 1.807) is 19.1 Å². The van der Waals surface area contributed by atoms with Gasteiger partial charge in [0.1, 0.15) is 6.10 Å². The van der Waals surface area contributed by atoms with Gasteiger partial charge in [0.15, 0.2) is 6.23 Å². The van der Waals surface area contributed by atoms with E-state index in [0.717, 1.165) is 25.7 Å². The summed E-state index contributed by atoms with van der Waals surface area (Å²) >= 11 is 0. The van der Waals surface area contributed by atoms with Crippen LogP contribution in [0.4, 0.5) is 0 Å². The molecule has 0 saturated heterocycles. The maximum Gasteiger partial charge on any atom is 0.330 e. The third kappa shape index (κ3) is 6.17. The molecule has 3 atom stereocenters. The van der Waals surface area contributed by atoms with E-state index in [-0.39, 0.29) is 6.61 Å². The van der Waals surface area contributed by atoms with Crippen molar-refractivity contribution >= 4 is 8.60 Å². The lowest BCUT2D eigenvalue weighted by atomic mass is 10.2. The van der Waals surface area contributed by atoms with Crippen LogP contribution in [0, 0.1) is 6.92 Å². The first-order valence-electron chi connectivity index (χ1n) is 8.42. The quantitative estimate of drug-likeness (QED) is 0.371. The molecule has 2 N–H and O–H groups in total. The third-order valence-electron chi connectivity index (χ3n) is 3.77. The molecule has 0 aliphatic carbocycles. The molecular formula is C16H25N2O6P. The molecule has 25 heavy (non-hydrogen) atoms. The van der Waals surface area contributed by atoms with Crippen LogP contribution in [-0.4, -0.2) is 33.8 Å². The molecule has 9 heteroatoms. The van der Waals surface area contributed by atoms with Crippen molar-refractivity contribution in [3.63, 3.8) is 0 Å². The number of aryl methyl sites for hydroxylation is 1. The Morgan fingerprint density at radius 3 is 2.84 bits per heavy atom. The summed E-state index contributed by atoms with van der Waals surface area (Å²) in [5, 5.41) is 0. The first-order chi connectivity index (χ1) is 12.0. The molecule has 0 spiro atoms. The second kappa shape index (κ2) is 9.99. The maximum atomic E-state index is 11.9. The Balaban J connectivity index is 1.75. The number of hydrogen-bond donors (Lipinski definition) is 2. The predicted octanol–water partition coefficient (Wildman–Crippen LogP) is 2.13. The largest absolute Gasteiger partial charge is 0.344 e. The van der Waals surface area contributed by atoms with Crippen LogP contribution < -0.4 is 11.2 Å². The molecular weight excluding hydrogens is 347 g/mol. The summed E-state index contributed by atoms with van der Waals surface area (Å²) < 4.78 is 17.5. The highest BCUT2D eigenvalue weighted by molar-refractivity contribution is 7.40. The molecule has 1 aliphatic heterocycles. The number of rotatable bonds is 10. The minimum absolute atomic E-state index is 0.126. The number of nitrogens with one attached hydrogen (secondary N) is 1. The molecule has 140 valence electrons. The van der Waals surface area contributed by atoms with Crippen LogP contribution in [0.5, 0.6) is 0 Å². The van der Waals surface area contributed by atoms with E-state index in [2.05, 4.69) is 11.9 Å². The van der Waals surface area contributed by atoms with E-state index < -0.39 is 32.2 Å². The SMILES string of the molecule is CCCCCCOP(O)OCC1C=CC(n2cc(C)c(=O)[nH]c2=O)O1. The van der Waals surface area contributed by atoms with Crippen molar-refractivity contribution in [3.05, 3.63) is 44.8 Å². The zero-order valence-electron chi connectivity index (χ0n) is 14.5. The summed E-state index contributed by atoms with van der Waals surface area (Å²) in [5.74, 6) is 0. The zero-order valence-corrected chi connectivity index (χ0v) is 15.4. The number of aromatic amines is 1. The average molecular weight is 372 g/mol. The molecule has 2 heterocycles. The summed E-state index contributed by atoms with van der Waals surface area (Å²) in [5.41, 5.74) is -0.525. The summed E-state index contributed by atoms with van der Waals surface area (Å²) in [6.07, 6.45) is 8.17. The Morgan fingerprint density at radius 1 is 1.28 bits per heavy atom. The van der Waals surface area contributed by atoms with Gasteiger partial charge in [0.05, 0.1) is 13.2 Å². The second-order valence-electron chi connectivity index (χ2n) is 5.86. The molecule has 0 fully saturated rings. The summed E-state index contributed by atoms with van der Waals surface area (Å²) in [6, 6.07) is 0. The van der Waals surface area contributed by atoms with Crippen molar-refractivity contribution < 1.29 is 18.7 Å². The van der Waals surface area contributed by atoms with E-state index in [1.165, 1.54) is 10.8 Å². The maximum absolute atomic E-state index is 11.9. The molecule has 0 saturated carbocycles. The first-order valence-corrected chi connectivity index (χ1v) is 9.55. The Bertz CT molecular complexity index is 686. The molecule has 1 aromatic heterocycles. The van der Waals surface area contributed by atoms with Crippen LogP contribution in [0.2, 0.25) is 0 Å². The number of unbranched alkanes of at least 4 members (excludes halogenated alkanes) is 3. The van der Waals surface area contributed by atoms with Gasteiger partial charge in [-0.25, -0.2) is 4.79 Å². The van der Waals surface area contributed by atoms with Crippen LogP contribution in [-0.2, 0) is 13.8 Å². The van der Waals surface area contributed by atoms with Crippen molar-refractivity contribution in [2.75, 3.05) is 13.2 Å². The van der Waals surface area contributed by atoms with Crippen LogP contribution in [0.25, 0.3) is 0 Å². The van der Waals surface area contributed by atoms with Crippen LogP contribution >= 0.6 is 8.60 Å². The Labute approximate surface area is 147 Å². The number of nitrogens with zero attached hydrogens (tertiary/aromatic N) is 1. The second-order valence-corrected chi connectivity index (χ2v) is 6.85. The van der Waals surface area contributed by atoms with Crippen LogP contribution in [0.1, 0.15) is 44.4 Å². The van der Waals surface area contributed by atoms with Gasteiger partial charge in [-0.15, -0.1) is 0 Å². The molecule has 3 unspecified atom stereocenters. The van der Waals surface area contributed by atoms with Gasteiger partial charge in [-0.3, -0.25) is 14.3 Å². The van der Waals surface area contributed by atoms with Gasteiger partial charge in [-0.05, 0) is 19.4 Å². The first kappa shape index (κ1) is 20.0. The molecule has 1 aromatic rings. The highest BCUT2D eigenvalue weighted by Gasteiger charge is 2.23. The number of aromatic nitrogens is 2. The molecule has 0 radical (unpaired) electrons. The zero-order chi connectivity index (χ0) is 18.2. The normalized spacial score (nSPS) is 20.9. The standard InChI is InChI=1S/C16H25N2O6P/c1-3-4-5-6-9-22-25(21)23-11-13-7-8-14(24-13)18-10-12(2)15(19)17-16(18)20/h7-8,10,13-14,21H,3-6,9,11H2,1-2H3,(H,17,19,20). The van der Waals surface area contributed by atoms with Gasteiger partial charge in [-0.1, -0.05) is 32.3 Å². The number of hydrogen-bond acceptors (Lipinski definition) is 6. The smallest absolute Gasteiger partial charge is 0.330 e. The minimum atomic E-state index is -1.93. The number of ether oxygens (including phenoxy) is 1. The topological polar surface area (TPSA) is 103 Å². The fourth-order valence-corrected chi connectivity index (χ4v) is 3.00. The minimum Gasteiger partial charge on any atom is -0.344 e. The van der Waals surface area contributed by atoms with Crippen molar-refractivity contribution in [2.45, 2.75) is 51.9 Å². The Morgan fingerprint density at radius 2 is 2.08 bits per heavy atom. The van der Waals surface area contributed by atoms with E-state index in [9.17, 15) is 14.5 Å². The van der Waals surface area contributed by atoms with E-state index in [1.807, 2.05) is 0 Å². The van der Waals surface area contributed by atoms with Gasteiger partial charge in [0, 0.05) is 11.8 Å². The fraction of sp³-hybridized carbons (Fsp3) is 0.625. The van der Waals surface area contributed by atoms with Gasteiger partial charge in [0.25, 0.3) is 5.56 Å². The Hall–Kier alpha value is -1.31. The van der Waals surface area contributed by atoms with Crippen LogP contribution in [0.15, 0.2) is 27.9 Å². The monoisotopic (exact) mass is 372 g/mol. The van der Waals surface area contributed by atoms with Crippen LogP contribution in [0.3, 0.4) is 0 Å². The lowest BCUT2D eigenvalue weighted by Crippen LogP contribution is -2.33. The lowest BCUT2D eigenvalue weighted by Gasteiger charge is -2.17. The van der Waals surface area contributed by atoms with Crippen molar-refractivity contribution in [3.8, 4) is 0 Å². The lowest BCUT2D eigenvalue weighted by molar-refractivity contribution is -0.00858. The molecule has 0 amide bonds. The van der Waals surface area contributed by atoms with Gasteiger partial charge in [0.2, 0.25) is 0 Å². The van der Waals surface area contributed by atoms with Crippen molar-refractivity contribution in [1.82, 2.24) is 9.55 Å². The van der Waals surface area contributed by atoms with Crippen molar-refractivity contribution in [2.24, 2.45) is 0 Å². The molecule has 8 nitrogen and oxygen atoms in total. The van der Waals surface area contributed by atoms with Gasteiger partial charge >= 0.3 is 14.3 Å². The van der Waals surface area contributed by atoms with Gasteiger partial charge < -0.3 is 18.7 Å². The van der Waals surface area contributed by atoms with E-state index >= 15 is 0 Å². The van der Waals surface area contributed by atoms with Gasteiger partial charge in [-0.2, -0.15) is 0 Å². The highest BCUT2D eigenvalue weighted by atomic mass is 31.2. The summed E-state index contributed by atoms with van der Waals surface area (Å²) in [6.45, 7) is 4.35. The molecule has 1 aliphatic rings. The molecule has 0 bridgehead atoms. The summed E-state index contributed by atoms with van der Waals surface area (Å²) in [7, 11) is -1.93. The Kier molecular flexibility index (Phi) is 7.99. The molecule has 0 aromatic carbocycles. The summed E-state index contributed by atoms with van der Waals surface area (Å²) in [4.78, 5) is 35.2. The van der Waals surface area contributed by atoms with E-state index in [0.29, 0.717) is 12.2 Å². The highest BCUT2D eigenvalue weighted by Crippen LogP contribution is 2.34. The van der Waals surface area contributed by atoms with Crippen molar-refractivity contribution in [1.29, 1.82) is 0 Å². The van der Waals surface area contributed by atoms with E-state index in [4.69, 9.17) is 13.8 Å². The third-order valence-corrected chi connectivity index (χ3v) is 4.55. The molecule has 2 rings (SSSR count). The number of H-pyrrole nitrogens is 1. The fourth-order valence-electron chi connectivity index (χ4n) is 2.36. The predicted molar refractivity (Wildman–Crippen MR) is 94.3 cm³/mol. The average Bonchev–Trinajstić information content (AvgIpc) is 3.05.